The topological polar surface area (TPSA) is 66.4 Å². The molecule has 1 aromatic heterocycles. The summed E-state index contributed by atoms with van der Waals surface area (Å²) in [5.74, 6) is -1.11. The van der Waals surface area contributed by atoms with Gasteiger partial charge >= 0.3 is 5.97 Å². The Hall–Kier alpha value is -2.14. The Kier molecular flexibility index (Phi) is 4.20. The van der Waals surface area contributed by atoms with Gasteiger partial charge in [-0.3, -0.25) is 4.79 Å². The number of carboxylic acids is 1. The van der Waals surface area contributed by atoms with Crippen molar-refractivity contribution in [1.82, 2.24) is 0 Å². The van der Waals surface area contributed by atoms with Crippen LogP contribution in [0.3, 0.4) is 0 Å². The fourth-order valence-corrected chi connectivity index (χ4v) is 2.76. The summed E-state index contributed by atoms with van der Waals surface area (Å²) in [6, 6.07) is 9.43. The second-order valence-corrected chi connectivity index (χ2v) is 5.69. The number of thiophene rings is 1. The number of aromatic carboxylic acids is 1. The molecule has 1 amide bonds. The van der Waals surface area contributed by atoms with Crippen molar-refractivity contribution in [1.29, 1.82) is 0 Å². The number of amides is 1. The Morgan fingerprint density at radius 2 is 1.85 bits per heavy atom. The molecule has 0 atom stereocenters. The average molecular weight is 289 g/mol. The molecule has 2 rings (SSSR count). The highest BCUT2D eigenvalue weighted by Crippen LogP contribution is 2.26. The van der Waals surface area contributed by atoms with Crippen LogP contribution in [0.25, 0.3) is 0 Å². The molecule has 2 aromatic rings. The van der Waals surface area contributed by atoms with Crippen molar-refractivity contribution in [3.63, 3.8) is 0 Å². The Balaban J connectivity index is 2.03. The summed E-state index contributed by atoms with van der Waals surface area (Å²) in [7, 11) is 0. The van der Waals surface area contributed by atoms with Crippen LogP contribution in [0.2, 0.25) is 0 Å². The summed E-state index contributed by atoms with van der Waals surface area (Å²) in [5, 5.41) is 12.3. The third-order valence-corrected chi connectivity index (χ3v) is 4.00. The zero-order valence-electron chi connectivity index (χ0n) is 11.3. The Morgan fingerprint density at radius 3 is 2.40 bits per heavy atom. The van der Waals surface area contributed by atoms with Gasteiger partial charge in [-0.25, -0.2) is 4.79 Å². The van der Waals surface area contributed by atoms with Crippen molar-refractivity contribution in [3.8, 4) is 0 Å². The number of anilines is 1. The number of carbonyl (C=O) groups is 2. The van der Waals surface area contributed by atoms with Gasteiger partial charge in [-0.1, -0.05) is 29.8 Å². The highest BCUT2D eigenvalue weighted by atomic mass is 32.1. The van der Waals surface area contributed by atoms with Crippen molar-refractivity contribution >= 4 is 28.2 Å². The van der Waals surface area contributed by atoms with E-state index in [0.717, 1.165) is 22.5 Å². The lowest BCUT2D eigenvalue weighted by molar-refractivity contribution is -0.115. The number of hydrogen-bond acceptors (Lipinski definition) is 3. The molecular formula is C15H15NO3S. The van der Waals surface area contributed by atoms with Gasteiger partial charge < -0.3 is 10.4 Å². The molecule has 0 saturated heterocycles. The van der Waals surface area contributed by atoms with Gasteiger partial charge in [0, 0.05) is 0 Å². The molecule has 0 unspecified atom stereocenters. The van der Waals surface area contributed by atoms with E-state index in [9.17, 15) is 9.59 Å². The number of nitrogens with one attached hydrogen (secondary N) is 1. The zero-order chi connectivity index (χ0) is 14.7. The molecule has 1 heterocycles. The summed E-state index contributed by atoms with van der Waals surface area (Å²) in [6.07, 6.45) is 0.277. The van der Waals surface area contributed by atoms with Crippen LogP contribution in [0.4, 0.5) is 5.00 Å². The van der Waals surface area contributed by atoms with Crippen LogP contribution in [0.1, 0.15) is 26.4 Å². The van der Waals surface area contributed by atoms with Gasteiger partial charge in [-0.05, 0) is 31.0 Å². The highest BCUT2D eigenvalue weighted by molar-refractivity contribution is 7.18. The predicted molar refractivity (Wildman–Crippen MR) is 79.5 cm³/mol. The van der Waals surface area contributed by atoms with Gasteiger partial charge in [0.05, 0.1) is 11.4 Å². The van der Waals surface area contributed by atoms with E-state index in [2.05, 4.69) is 5.32 Å². The first kappa shape index (κ1) is 14.3. The van der Waals surface area contributed by atoms with Crippen LogP contribution in [-0.4, -0.2) is 17.0 Å². The molecule has 0 radical (unpaired) electrons. The third-order valence-electron chi connectivity index (χ3n) is 2.86. The maximum Gasteiger partial charge on any atom is 0.346 e. The van der Waals surface area contributed by atoms with Gasteiger partial charge in [-0.15, -0.1) is 11.3 Å². The monoisotopic (exact) mass is 289 g/mol. The minimum Gasteiger partial charge on any atom is -0.477 e. The summed E-state index contributed by atoms with van der Waals surface area (Å²) in [6.45, 7) is 3.71. The minimum absolute atomic E-state index is 0.146. The van der Waals surface area contributed by atoms with Crippen LogP contribution in [0.5, 0.6) is 0 Å². The van der Waals surface area contributed by atoms with Gasteiger partial charge in [0.2, 0.25) is 5.91 Å². The quantitative estimate of drug-likeness (QED) is 0.908. The molecule has 2 N–H and O–H groups in total. The maximum atomic E-state index is 11.9. The first-order valence-corrected chi connectivity index (χ1v) is 6.96. The number of carbonyl (C=O) groups excluding carboxylic acids is 1. The lowest BCUT2D eigenvalue weighted by atomic mass is 10.1. The minimum atomic E-state index is -0.966. The van der Waals surface area contributed by atoms with Crippen LogP contribution < -0.4 is 5.32 Å². The summed E-state index contributed by atoms with van der Waals surface area (Å²) in [4.78, 5) is 23.1. The van der Waals surface area contributed by atoms with Crippen molar-refractivity contribution in [3.05, 3.63) is 51.9 Å². The maximum absolute atomic E-state index is 11.9. The Morgan fingerprint density at radius 1 is 1.20 bits per heavy atom. The molecular weight excluding hydrogens is 274 g/mol. The van der Waals surface area contributed by atoms with Crippen molar-refractivity contribution in [2.24, 2.45) is 0 Å². The fourth-order valence-electron chi connectivity index (χ4n) is 1.83. The number of hydrogen-bond donors (Lipinski definition) is 2. The largest absolute Gasteiger partial charge is 0.477 e. The summed E-state index contributed by atoms with van der Waals surface area (Å²) in [5.41, 5.74) is 2.74. The number of carboxylic acid groups (broad SMARTS) is 1. The van der Waals surface area contributed by atoms with Crippen LogP contribution in [0.15, 0.2) is 30.3 Å². The molecule has 0 aliphatic rings. The van der Waals surface area contributed by atoms with E-state index < -0.39 is 5.97 Å². The van der Waals surface area contributed by atoms with E-state index in [1.807, 2.05) is 31.2 Å². The first-order chi connectivity index (χ1) is 9.45. The molecule has 104 valence electrons. The molecule has 20 heavy (non-hydrogen) atoms. The molecule has 1 aromatic carbocycles. The molecule has 0 fully saturated rings. The molecule has 4 nitrogen and oxygen atoms in total. The Bertz CT molecular complexity index is 644. The van der Waals surface area contributed by atoms with Gasteiger partial charge in [-0.2, -0.15) is 0 Å². The van der Waals surface area contributed by atoms with E-state index >= 15 is 0 Å². The SMILES string of the molecule is Cc1ccc(CC(=O)Nc2cc(C)c(C(=O)O)s2)cc1. The van der Waals surface area contributed by atoms with E-state index in [4.69, 9.17) is 5.11 Å². The van der Waals surface area contributed by atoms with Gasteiger partial charge in [0.15, 0.2) is 0 Å². The van der Waals surface area contributed by atoms with Crippen molar-refractivity contribution in [2.45, 2.75) is 20.3 Å². The molecule has 0 bridgehead atoms. The summed E-state index contributed by atoms with van der Waals surface area (Å²) < 4.78 is 0. The molecule has 0 aliphatic carbocycles. The molecule has 5 heteroatoms. The number of rotatable bonds is 4. The molecule has 0 spiro atoms. The average Bonchev–Trinajstić information content (AvgIpc) is 2.73. The smallest absolute Gasteiger partial charge is 0.346 e. The van der Waals surface area contributed by atoms with E-state index in [0.29, 0.717) is 10.6 Å². The lowest BCUT2D eigenvalue weighted by Crippen LogP contribution is -2.13. The number of aryl methyl sites for hydroxylation is 2. The highest BCUT2D eigenvalue weighted by Gasteiger charge is 2.13. The second-order valence-electron chi connectivity index (χ2n) is 4.64. The van der Waals surface area contributed by atoms with Crippen LogP contribution >= 0.6 is 11.3 Å². The van der Waals surface area contributed by atoms with Crippen molar-refractivity contribution in [2.75, 3.05) is 5.32 Å². The Labute approximate surface area is 121 Å². The fraction of sp³-hybridized carbons (Fsp3) is 0.200. The standard InChI is InChI=1S/C15H15NO3S/c1-9-3-5-11(6-4-9)8-12(17)16-13-7-10(2)14(20-13)15(18)19/h3-7H,8H2,1-2H3,(H,16,17)(H,18,19). The molecule has 0 aliphatic heterocycles. The van der Waals surface area contributed by atoms with Gasteiger partial charge in [0.1, 0.15) is 4.88 Å². The van der Waals surface area contributed by atoms with E-state index in [1.54, 1.807) is 13.0 Å². The normalized spacial score (nSPS) is 10.3. The zero-order valence-corrected chi connectivity index (χ0v) is 12.1. The predicted octanol–water partition coefficient (Wildman–Crippen LogP) is 3.24. The van der Waals surface area contributed by atoms with E-state index in [-0.39, 0.29) is 17.2 Å². The van der Waals surface area contributed by atoms with Crippen molar-refractivity contribution < 1.29 is 14.7 Å². The van der Waals surface area contributed by atoms with Crippen LogP contribution in [0, 0.1) is 13.8 Å². The lowest BCUT2D eigenvalue weighted by Gasteiger charge is -2.03. The van der Waals surface area contributed by atoms with E-state index in [1.165, 1.54) is 0 Å². The van der Waals surface area contributed by atoms with Crippen LogP contribution in [-0.2, 0) is 11.2 Å². The third kappa shape index (κ3) is 3.45. The van der Waals surface area contributed by atoms with Gasteiger partial charge in [0.25, 0.3) is 0 Å². The molecule has 0 saturated carbocycles. The second kappa shape index (κ2) is 5.88. The summed E-state index contributed by atoms with van der Waals surface area (Å²) >= 11 is 1.08. The first-order valence-electron chi connectivity index (χ1n) is 6.15. The number of benzene rings is 1.